The summed E-state index contributed by atoms with van der Waals surface area (Å²) in [5, 5.41) is 11.8. The van der Waals surface area contributed by atoms with Gasteiger partial charge in [-0.25, -0.2) is 0 Å². The van der Waals surface area contributed by atoms with Gasteiger partial charge in [-0.1, -0.05) is 52.4 Å². The Kier molecular flexibility index (Phi) is 10.0. The normalized spacial score (nSPS) is 15.0. The number of quaternary nitrogens is 1. The predicted octanol–water partition coefficient (Wildman–Crippen LogP) is 4.48. The number of hydrogen-bond donors (Lipinski definition) is 0. The van der Waals surface area contributed by atoms with Crippen LogP contribution in [-0.2, 0) is 0 Å². The first kappa shape index (κ1) is 15.9. The molecule has 0 aromatic carbocycles. The fourth-order valence-electron chi connectivity index (χ4n) is 2.16. The largest absolute Gasteiger partial charge is 0.633 e. The highest BCUT2D eigenvalue weighted by molar-refractivity contribution is 4.47. The Morgan fingerprint density at radius 2 is 1.19 bits per heavy atom. The van der Waals surface area contributed by atoms with Crippen LogP contribution in [0.5, 0.6) is 0 Å². The average Bonchev–Trinajstić information content (AvgIpc) is 2.22. The molecule has 0 aliphatic rings. The van der Waals surface area contributed by atoms with Gasteiger partial charge in [0.05, 0.1) is 20.1 Å². The number of hydroxylamine groups is 3. The van der Waals surface area contributed by atoms with Crippen molar-refractivity contribution in [3.8, 4) is 0 Å². The summed E-state index contributed by atoms with van der Waals surface area (Å²) >= 11 is 0. The van der Waals surface area contributed by atoms with Crippen LogP contribution in [0, 0.1) is 5.21 Å². The first-order chi connectivity index (χ1) is 7.62. The molecule has 0 amide bonds. The average molecular weight is 229 g/mol. The molecule has 98 valence electrons. The van der Waals surface area contributed by atoms with Crippen LogP contribution in [0.3, 0.4) is 0 Å². The molecule has 0 spiro atoms. The zero-order valence-corrected chi connectivity index (χ0v) is 11.6. The van der Waals surface area contributed by atoms with Crippen LogP contribution in [0.1, 0.15) is 71.6 Å². The summed E-state index contributed by atoms with van der Waals surface area (Å²) in [5.74, 6) is 0. The fraction of sp³-hybridized carbons (Fsp3) is 1.00. The summed E-state index contributed by atoms with van der Waals surface area (Å²) in [4.78, 5) is 0. The van der Waals surface area contributed by atoms with Crippen molar-refractivity contribution < 1.29 is 4.65 Å². The van der Waals surface area contributed by atoms with Crippen LogP contribution < -0.4 is 0 Å². The maximum Gasteiger partial charge on any atom is 0.0781 e. The summed E-state index contributed by atoms with van der Waals surface area (Å²) in [7, 11) is 1.81. The van der Waals surface area contributed by atoms with E-state index in [-0.39, 0.29) is 4.65 Å². The van der Waals surface area contributed by atoms with Gasteiger partial charge in [0.15, 0.2) is 0 Å². The molecule has 1 unspecified atom stereocenters. The van der Waals surface area contributed by atoms with Gasteiger partial charge in [-0.05, 0) is 19.3 Å². The minimum absolute atomic E-state index is 0.0354. The van der Waals surface area contributed by atoms with E-state index in [1.807, 2.05) is 7.05 Å². The molecule has 0 aliphatic carbocycles. The van der Waals surface area contributed by atoms with Crippen molar-refractivity contribution in [1.29, 1.82) is 0 Å². The lowest BCUT2D eigenvalue weighted by atomic mass is 10.1. The molecular formula is C14H31NO. The van der Waals surface area contributed by atoms with Gasteiger partial charge >= 0.3 is 0 Å². The SMILES string of the molecule is CCCCCCCCCC[N+](C)([O-])CCC. The molecule has 2 nitrogen and oxygen atoms in total. The van der Waals surface area contributed by atoms with E-state index < -0.39 is 0 Å². The van der Waals surface area contributed by atoms with Crippen molar-refractivity contribution in [3.63, 3.8) is 0 Å². The van der Waals surface area contributed by atoms with Gasteiger partial charge in [-0.15, -0.1) is 0 Å². The van der Waals surface area contributed by atoms with Crippen LogP contribution in [0.25, 0.3) is 0 Å². The van der Waals surface area contributed by atoms with Crippen LogP contribution in [0.2, 0.25) is 0 Å². The van der Waals surface area contributed by atoms with Crippen molar-refractivity contribution in [2.45, 2.75) is 71.6 Å². The lowest BCUT2D eigenvalue weighted by Gasteiger charge is -2.38. The minimum Gasteiger partial charge on any atom is -0.633 e. The summed E-state index contributed by atoms with van der Waals surface area (Å²) in [6.07, 6.45) is 11.5. The van der Waals surface area contributed by atoms with Crippen LogP contribution in [-0.4, -0.2) is 24.8 Å². The number of nitrogens with zero attached hydrogens (tertiary/aromatic N) is 1. The summed E-state index contributed by atoms with van der Waals surface area (Å²) in [6, 6.07) is 0. The van der Waals surface area contributed by atoms with E-state index >= 15 is 0 Å². The van der Waals surface area contributed by atoms with E-state index in [2.05, 4.69) is 13.8 Å². The second-order valence-corrected chi connectivity index (χ2v) is 5.22. The zero-order valence-electron chi connectivity index (χ0n) is 11.6. The second kappa shape index (κ2) is 10.1. The minimum atomic E-state index is -0.0354. The third kappa shape index (κ3) is 10.4. The predicted molar refractivity (Wildman–Crippen MR) is 72.2 cm³/mol. The molecule has 0 aromatic rings. The second-order valence-electron chi connectivity index (χ2n) is 5.22. The zero-order chi connectivity index (χ0) is 12.3. The Morgan fingerprint density at radius 1 is 0.688 bits per heavy atom. The van der Waals surface area contributed by atoms with Crippen LogP contribution in [0.4, 0.5) is 0 Å². The van der Waals surface area contributed by atoms with Crippen molar-refractivity contribution in [2.24, 2.45) is 0 Å². The molecule has 16 heavy (non-hydrogen) atoms. The highest BCUT2D eigenvalue weighted by atomic mass is 16.5. The topological polar surface area (TPSA) is 23.1 Å². The molecule has 0 fully saturated rings. The Morgan fingerprint density at radius 3 is 1.69 bits per heavy atom. The molecule has 0 aromatic heterocycles. The van der Waals surface area contributed by atoms with Gasteiger partial charge in [0.25, 0.3) is 0 Å². The Balaban J connectivity index is 3.20. The van der Waals surface area contributed by atoms with Crippen molar-refractivity contribution in [1.82, 2.24) is 0 Å². The van der Waals surface area contributed by atoms with Crippen molar-refractivity contribution >= 4 is 0 Å². The lowest BCUT2D eigenvalue weighted by Crippen LogP contribution is -2.38. The number of rotatable bonds is 11. The van der Waals surface area contributed by atoms with Gasteiger partial charge in [0, 0.05) is 0 Å². The molecule has 0 radical (unpaired) electrons. The fourth-order valence-corrected chi connectivity index (χ4v) is 2.16. The molecule has 0 saturated heterocycles. The Labute approximate surface area is 102 Å². The maximum atomic E-state index is 11.8. The molecule has 2 heteroatoms. The Hall–Kier alpha value is -0.0800. The standard InChI is InChI=1S/C14H31NO/c1-4-6-7-8-9-10-11-12-14-15(3,16)13-5-2/h4-14H2,1-3H3. The number of hydrogen-bond acceptors (Lipinski definition) is 1. The highest BCUT2D eigenvalue weighted by Gasteiger charge is 2.07. The smallest absolute Gasteiger partial charge is 0.0781 e. The third-order valence-electron chi connectivity index (χ3n) is 3.18. The third-order valence-corrected chi connectivity index (χ3v) is 3.18. The van der Waals surface area contributed by atoms with Gasteiger partial charge in [0.1, 0.15) is 0 Å². The van der Waals surface area contributed by atoms with Gasteiger partial charge < -0.3 is 9.85 Å². The van der Waals surface area contributed by atoms with E-state index in [0.29, 0.717) is 0 Å². The molecule has 0 bridgehead atoms. The first-order valence-corrected chi connectivity index (χ1v) is 7.18. The quantitative estimate of drug-likeness (QED) is 0.291. The van der Waals surface area contributed by atoms with Gasteiger partial charge in [-0.2, -0.15) is 0 Å². The van der Waals surface area contributed by atoms with Crippen molar-refractivity contribution in [2.75, 3.05) is 20.1 Å². The highest BCUT2D eigenvalue weighted by Crippen LogP contribution is 2.10. The molecular weight excluding hydrogens is 198 g/mol. The monoisotopic (exact) mass is 229 g/mol. The summed E-state index contributed by atoms with van der Waals surface area (Å²) in [5.41, 5.74) is 0. The van der Waals surface area contributed by atoms with E-state index in [1.165, 1.54) is 44.9 Å². The summed E-state index contributed by atoms with van der Waals surface area (Å²) in [6.45, 7) is 5.92. The summed E-state index contributed by atoms with van der Waals surface area (Å²) < 4.78 is -0.0354. The van der Waals surface area contributed by atoms with Gasteiger partial charge in [-0.3, -0.25) is 0 Å². The van der Waals surface area contributed by atoms with E-state index in [1.54, 1.807) is 0 Å². The molecule has 0 aliphatic heterocycles. The molecule has 0 N–H and O–H groups in total. The maximum absolute atomic E-state index is 11.8. The van der Waals surface area contributed by atoms with Crippen molar-refractivity contribution in [3.05, 3.63) is 5.21 Å². The van der Waals surface area contributed by atoms with Gasteiger partial charge in [0.2, 0.25) is 0 Å². The molecule has 0 rings (SSSR count). The number of unbranched alkanes of at least 4 members (excludes halogenated alkanes) is 7. The Bertz CT molecular complexity index is 146. The van der Waals surface area contributed by atoms with E-state index in [0.717, 1.165) is 25.9 Å². The lowest BCUT2D eigenvalue weighted by molar-refractivity contribution is -0.861. The van der Waals surface area contributed by atoms with E-state index in [4.69, 9.17) is 0 Å². The molecule has 0 heterocycles. The molecule has 1 atom stereocenters. The first-order valence-electron chi connectivity index (χ1n) is 7.18. The van der Waals surface area contributed by atoms with Crippen LogP contribution in [0.15, 0.2) is 0 Å². The van der Waals surface area contributed by atoms with Crippen LogP contribution >= 0.6 is 0 Å². The van der Waals surface area contributed by atoms with E-state index in [9.17, 15) is 5.21 Å². The molecule has 0 saturated carbocycles.